The van der Waals surface area contributed by atoms with Crippen LogP contribution in [0.4, 0.5) is 5.69 Å². The van der Waals surface area contributed by atoms with Crippen LogP contribution in [0, 0.1) is 10.1 Å². The molecule has 1 aliphatic heterocycles. The second-order valence-electron chi connectivity index (χ2n) is 9.15. The maximum Gasteiger partial charge on any atom is 0.338 e. The van der Waals surface area contributed by atoms with E-state index in [0.29, 0.717) is 16.4 Å². The molecule has 2 aromatic carbocycles. The lowest BCUT2D eigenvalue weighted by atomic mass is 9.93. The van der Waals surface area contributed by atoms with Gasteiger partial charge in [-0.05, 0) is 43.0 Å². The van der Waals surface area contributed by atoms with Crippen LogP contribution in [0.1, 0.15) is 56.3 Å². The number of rotatable bonds is 8. The number of esters is 1. The Balaban J connectivity index is 1.98. The normalized spacial score (nSPS) is 15.2. The van der Waals surface area contributed by atoms with Gasteiger partial charge in [0.2, 0.25) is 0 Å². The van der Waals surface area contributed by atoms with Crippen LogP contribution in [-0.4, -0.2) is 36.3 Å². The first kappa shape index (κ1) is 27.8. The molecule has 0 N–H and O–H groups in total. The van der Waals surface area contributed by atoms with E-state index >= 15 is 0 Å². The Hall–Kier alpha value is -4.25. The number of carbonyl (C=O) groups excluding carboxylic acids is 1. The number of nitro groups is 1. The van der Waals surface area contributed by atoms with Crippen LogP contribution in [0.15, 0.2) is 57.5 Å². The summed E-state index contributed by atoms with van der Waals surface area (Å²) in [4.78, 5) is 43.1. The molecule has 2 heterocycles. The average molecular weight is 552 g/mol. The van der Waals surface area contributed by atoms with Crippen molar-refractivity contribution < 1.29 is 23.9 Å². The number of carbonyl (C=O) groups is 1. The topological polar surface area (TPSA) is 122 Å². The molecule has 0 saturated carbocycles. The number of hydrogen-bond donors (Lipinski definition) is 0. The number of thiazole rings is 1. The zero-order chi connectivity index (χ0) is 28.4. The zero-order valence-corrected chi connectivity index (χ0v) is 23.3. The number of methoxy groups -OCH3 is 2. The molecular formula is C28H29N3O7S. The van der Waals surface area contributed by atoms with Gasteiger partial charge in [0.05, 0.1) is 59.2 Å². The highest BCUT2D eigenvalue weighted by atomic mass is 32.1. The largest absolute Gasteiger partial charge is 0.493 e. The molecule has 0 spiro atoms. The Kier molecular flexibility index (Phi) is 8.01. The third-order valence-electron chi connectivity index (χ3n) is 6.45. The Labute approximate surface area is 228 Å². The van der Waals surface area contributed by atoms with Gasteiger partial charge in [-0.25, -0.2) is 9.79 Å². The van der Waals surface area contributed by atoms with E-state index in [9.17, 15) is 19.7 Å². The van der Waals surface area contributed by atoms with Crippen LogP contribution in [0.5, 0.6) is 11.5 Å². The third kappa shape index (κ3) is 5.22. The van der Waals surface area contributed by atoms with Gasteiger partial charge in [0.25, 0.3) is 11.2 Å². The Morgan fingerprint density at radius 2 is 1.82 bits per heavy atom. The van der Waals surface area contributed by atoms with E-state index in [0.717, 1.165) is 22.5 Å². The summed E-state index contributed by atoms with van der Waals surface area (Å²) in [6.45, 7) is 7.75. The molecule has 11 heteroatoms. The highest BCUT2D eigenvalue weighted by Crippen LogP contribution is 2.35. The molecule has 0 saturated heterocycles. The molecule has 10 nitrogen and oxygen atoms in total. The van der Waals surface area contributed by atoms with Gasteiger partial charge in [-0.3, -0.25) is 19.5 Å². The van der Waals surface area contributed by atoms with E-state index in [-0.39, 0.29) is 39.5 Å². The first-order valence-corrected chi connectivity index (χ1v) is 13.1. The van der Waals surface area contributed by atoms with Crippen LogP contribution in [0.2, 0.25) is 0 Å². The molecule has 39 heavy (non-hydrogen) atoms. The van der Waals surface area contributed by atoms with E-state index in [1.165, 1.54) is 37.0 Å². The molecule has 0 radical (unpaired) electrons. The summed E-state index contributed by atoms with van der Waals surface area (Å²) < 4.78 is 17.5. The number of nitrogens with zero attached hydrogens (tertiary/aromatic N) is 3. The van der Waals surface area contributed by atoms with Gasteiger partial charge in [0.1, 0.15) is 0 Å². The second kappa shape index (κ2) is 11.2. The van der Waals surface area contributed by atoms with Crippen LogP contribution in [0.25, 0.3) is 6.08 Å². The number of benzene rings is 2. The quantitative estimate of drug-likeness (QED) is 0.237. The molecule has 0 fully saturated rings. The Morgan fingerprint density at radius 3 is 2.38 bits per heavy atom. The molecule has 1 atom stereocenters. The van der Waals surface area contributed by atoms with Gasteiger partial charge in [-0.1, -0.05) is 49.4 Å². The SMILES string of the molecule is CCOC(=O)C1=C(C)N=c2s/c(=C\c3cc(OC)c(OC)cc3[N+](=O)[O-])c(=O)n2[C@@H]1c1ccc(C(C)C)cc1. The van der Waals surface area contributed by atoms with Crippen molar-refractivity contribution >= 4 is 29.1 Å². The summed E-state index contributed by atoms with van der Waals surface area (Å²) in [6.07, 6.45) is 1.44. The predicted octanol–water partition coefficient (Wildman–Crippen LogP) is 3.85. The molecule has 3 aromatic rings. The molecule has 1 aliphatic rings. The monoisotopic (exact) mass is 551 g/mol. The van der Waals surface area contributed by atoms with E-state index < -0.39 is 22.5 Å². The van der Waals surface area contributed by atoms with Crippen molar-refractivity contribution in [3.63, 3.8) is 0 Å². The number of aromatic nitrogens is 1. The van der Waals surface area contributed by atoms with Crippen LogP contribution in [-0.2, 0) is 9.53 Å². The maximum absolute atomic E-state index is 13.8. The van der Waals surface area contributed by atoms with Gasteiger partial charge < -0.3 is 14.2 Å². The van der Waals surface area contributed by atoms with Crippen molar-refractivity contribution in [3.8, 4) is 11.5 Å². The highest BCUT2D eigenvalue weighted by Gasteiger charge is 2.33. The van der Waals surface area contributed by atoms with Gasteiger partial charge >= 0.3 is 5.97 Å². The summed E-state index contributed by atoms with van der Waals surface area (Å²) in [5, 5.41) is 11.8. The molecule has 0 amide bonds. The molecule has 204 valence electrons. The fourth-order valence-corrected chi connectivity index (χ4v) is 5.51. The minimum absolute atomic E-state index is 0.169. The van der Waals surface area contributed by atoms with E-state index in [1.54, 1.807) is 13.8 Å². The highest BCUT2D eigenvalue weighted by molar-refractivity contribution is 7.07. The molecule has 1 aromatic heterocycles. The van der Waals surface area contributed by atoms with Gasteiger partial charge in [-0.15, -0.1) is 0 Å². The second-order valence-corrected chi connectivity index (χ2v) is 10.2. The minimum Gasteiger partial charge on any atom is -0.493 e. The van der Waals surface area contributed by atoms with Crippen molar-refractivity contribution in [1.82, 2.24) is 4.57 Å². The summed E-state index contributed by atoms with van der Waals surface area (Å²) >= 11 is 1.09. The number of fused-ring (bicyclic) bond motifs is 1. The first-order valence-electron chi connectivity index (χ1n) is 12.3. The predicted molar refractivity (Wildman–Crippen MR) is 147 cm³/mol. The Morgan fingerprint density at radius 1 is 1.18 bits per heavy atom. The first-order chi connectivity index (χ1) is 18.6. The fraction of sp³-hybridized carbons (Fsp3) is 0.321. The molecule has 0 bridgehead atoms. The summed E-state index contributed by atoms with van der Waals surface area (Å²) in [5.74, 6) is 0.231. The zero-order valence-electron chi connectivity index (χ0n) is 22.5. The lowest BCUT2D eigenvalue weighted by Gasteiger charge is -2.25. The molecule has 4 rings (SSSR count). The number of allylic oxidation sites excluding steroid dienone is 1. The lowest BCUT2D eigenvalue weighted by molar-refractivity contribution is -0.385. The standard InChI is InChI=1S/C28H29N3O7S/c1-7-38-27(33)24-16(4)29-28-30(25(24)18-10-8-17(9-11-18)15(2)3)26(32)23(39-28)13-19-12-21(36-5)22(37-6)14-20(19)31(34)35/h8-15,25H,7H2,1-6H3/b23-13-/t25-/m1/s1. The van der Waals surface area contributed by atoms with Crippen molar-refractivity contribution in [1.29, 1.82) is 0 Å². The fourth-order valence-electron chi connectivity index (χ4n) is 4.47. The van der Waals surface area contributed by atoms with Crippen LogP contribution >= 0.6 is 11.3 Å². The van der Waals surface area contributed by atoms with Crippen molar-refractivity contribution in [2.24, 2.45) is 4.99 Å². The summed E-state index contributed by atoms with van der Waals surface area (Å²) in [7, 11) is 2.81. The number of ether oxygens (including phenoxy) is 3. The van der Waals surface area contributed by atoms with Crippen LogP contribution < -0.4 is 24.4 Å². The van der Waals surface area contributed by atoms with Crippen molar-refractivity contribution in [2.45, 2.75) is 39.7 Å². The van der Waals surface area contributed by atoms with Crippen molar-refractivity contribution in [3.05, 3.63) is 94.2 Å². The van der Waals surface area contributed by atoms with Crippen molar-refractivity contribution in [2.75, 3.05) is 20.8 Å². The minimum atomic E-state index is -0.774. The maximum atomic E-state index is 13.8. The average Bonchev–Trinajstić information content (AvgIpc) is 3.21. The molecular weight excluding hydrogens is 522 g/mol. The number of hydrogen-bond acceptors (Lipinski definition) is 9. The van der Waals surface area contributed by atoms with Gasteiger partial charge in [0, 0.05) is 0 Å². The Bertz CT molecular complexity index is 1650. The van der Waals surface area contributed by atoms with E-state index in [4.69, 9.17) is 14.2 Å². The van der Waals surface area contributed by atoms with Gasteiger partial charge in [-0.2, -0.15) is 0 Å². The smallest absolute Gasteiger partial charge is 0.338 e. The summed E-state index contributed by atoms with van der Waals surface area (Å²) in [6, 6.07) is 9.67. The lowest BCUT2D eigenvalue weighted by Crippen LogP contribution is -2.40. The summed E-state index contributed by atoms with van der Waals surface area (Å²) in [5.41, 5.74) is 2.04. The third-order valence-corrected chi connectivity index (χ3v) is 7.43. The molecule has 0 aliphatic carbocycles. The van der Waals surface area contributed by atoms with Gasteiger partial charge in [0.15, 0.2) is 16.3 Å². The molecule has 0 unspecified atom stereocenters. The number of nitro benzene ring substituents is 1. The van der Waals surface area contributed by atoms with E-state index in [1.807, 2.05) is 24.3 Å². The van der Waals surface area contributed by atoms with Crippen LogP contribution in [0.3, 0.4) is 0 Å². The van der Waals surface area contributed by atoms with E-state index in [2.05, 4.69) is 18.8 Å².